The molecule has 0 aromatic heterocycles. The van der Waals surface area contributed by atoms with Crippen LogP contribution in [0.3, 0.4) is 0 Å². The standard InChI is InChI=1S/C13H16ClNO4/c1-2-7-19-13(18)11(8-16)15-12(17)9-5-3-4-6-10(9)14/h3-6,11,16H,2,7-8H2,1H3,(H,15,17)/t11-/m0/s1. The molecule has 0 unspecified atom stereocenters. The zero-order chi connectivity index (χ0) is 14.3. The Kier molecular flexibility index (Phi) is 6.32. The monoisotopic (exact) mass is 285 g/mol. The first kappa shape index (κ1) is 15.5. The molecular weight excluding hydrogens is 270 g/mol. The molecule has 0 saturated heterocycles. The second-order valence-corrected chi connectivity index (χ2v) is 4.26. The molecule has 1 atom stereocenters. The van der Waals surface area contributed by atoms with Gasteiger partial charge in [-0.2, -0.15) is 0 Å². The van der Waals surface area contributed by atoms with Gasteiger partial charge >= 0.3 is 5.97 Å². The van der Waals surface area contributed by atoms with Crippen molar-refractivity contribution in [2.45, 2.75) is 19.4 Å². The summed E-state index contributed by atoms with van der Waals surface area (Å²) in [5, 5.41) is 11.8. The zero-order valence-electron chi connectivity index (χ0n) is 10.6. The van der Waals surface area contributed by atoms with E-state index in [1.165, 1.54) is 6.07 Å². The van der Waals surface area contributed by atoms with Gasteiger partial charge in [-0.05, 0) is 18.6 Å². The van der Waals surface area contributed by atoms with Crippen molar-refractivity contribution >= 4 is 23.5 Å². The number of hydrogen-bond acceptors (Lipinski definition) is 4. The highest BCUT2D eigenvalue weighted by Gasteiger charge is 2.22. The van der Waals surface area contributed by atoms with Crippen LogP contribution in [0.15, 0.2) is 24.3 Å². The van der Waals surface area contributed by atoms with Crippen molar-refractivity contribution in [2.24, 2.45) is 0 Å². The topological polar surface area (TPSA) is 75.6 Å². The zero-order valence-corrected chi connectivity index (χ0v) is 11.3. The summed E-state index contributed by atoms with van der Waals surface area (Å²) in [4.78, 5) is 23.5. The third-order valence-corrected chi connectivity index (χ3v) is 2.67. The first-order valence-electron chi connectivity index (χ1n) is 5.93. The van der Waals surface area contributed by atoms with Crippen molar-refractivity contribution in [1.82, 2.24) is 5.32 Å². The molecule has 5 nitrogen and oxygen atoms in total. The molecule has 0 bridgehead atoms. The van der Waals surface area contributed by atoms with Gasteiger partial charge in [-0.25, -0.2) is 4.79 Å². The largest absolute Gasteiger partial charge is 0.464 e. The van der Waals surface area contributed by atoms with Crippen molar-refractivity contribution in [1.29, 1.82) is 0 Å². The molecule has 1 aromatic carbocycles. The number of carbonyl (C=O) groups is 2. The van der Waals surface area contributed by atoms with Gasteiger partial charge in [0.25, 0.3) is 5.91 Å². The predicted octanol–water partition coefficient (Wildman–Crippen LogP) is 1.38. The fourth-order valence-electron chi connectivity index (χ4n) is 1.36. The fraction of sp³-hybridized carbons (Fsp3) is 0.385. The number of aliphatic hydroxyl groups excluding tert-OH is 1. The highest BCUT2D eigenvalue weighted by molar-refractivity contribution is 6.33. The van der Waals surface area contributed by atoms with Crippen LogP contribution in [0.2, 0.25) is 5.02 Å². The Morgan fingerprint density at radius 3 is 2.68 bits per heavy atom. The lowest BCUT2D eigenvalue weighted by Crippen LogP contribution is -2.44. The average molecular weight is 286 g/mol. The number of rotatable bonds is 6. The Balaban J connectivity index is 2.68. The van der Waals surface area contributed by atoms with Crippen molar-refractivity contribution in [3.63, 3.8) is 0 Å². The van der Waals surface area contributed by atoms with Gasteiger partial charge in [-0.1, -0.05) is 30.7 Å². The Morgan fingerprint density at radius 1 is 1.42 bits per heavy atom. The number of ether oxygens (including phenoxy) is 1. The van der Waals surface area contributed by atoms with Gasteiger partial charge in [0.2, 0.25) is 0 Å². The number of hydrogen-bond donors (Lipinski definition) is 2. The smallest absolute Gasteiger partial charge is 0.331 e. The van der Waals surface area contributed by atoms with E-state index in [1.54, 1.807) is 18.2 Å². The SMILES string of the molecule is CCCOC(=O)[C@H](CO)NC(=O)c1ccccc1Cl. The average Bonchev–Trinajstić information content (AvgIpc) is 2.42. The Bertz CT molecular complexity index is 450. The number of benzene rings is 1. The minimum atomic E-state index is -1.09. The van der Waals surface area contributed by atoms with Gasteiger partial charge in [0.05, 0.1) is 23.8 Å². The van der Waals surface area contributed by atoms with Gasteiger partial charge in [0.15, 0.2) is 6.04 Å². The maximum absolute atomic E-state index is 11.9. The summed E-state index contributed by atoms with van der Waals surface area (Å²) in [6.45, 7) is 1.57. The molecule has 0 aliphatic heterocycles. The first-order valence-corrected chi connectivity index (χ1v) is 6.30. The van der Waals surface area contributed by atoms with Crippen molar-refractivity contribution in [3.8, 4) is 0 Å². The van der Waals surface area contributed by atoms with Crippen molar-refractivity contribution < 1.29 is 19.4 Å². The second kappa shape index (κ2) is 7.76. The summed E-state index contributed by atoms with van der Waals surface area (Å²) < 4.78 is 4.86. The number of nitrogens with one attached hydrogen (secondary N) is 1. The third kappa shape index (κ3) is 4.54. The maximum Gasteiger partial charge on any atom is 0.331 e. The number of carbonyl (C=O) groups excluding carboxylic acids is 2. The van der Waals surface area contributed by atoms with Crippen LogP contribution in [-0.2, 0) is 9.53 Å². The molecule has 2 N–H and O–H groups in total. The third-order valence-electron chi connectivity index (χ3n) is 2.34. The summed E-state index contributed by atoms with van der Waals surface area (Å²) in [6, 6.07) is 5.36. The fourth-order valence-corrected chi connectivity index (χ4v) is 1.59. The Morgan fingerprint density at radius 2 is 2.11 bits per heavy atom. The molecule has 6 heteroatoms. The van der Waals surface area contributed by atoms with E-state index >= 15 is 0 Å². The van der Waals surface area contributed by atoms with E-state index in [-0.39, 0.29) is 17.2 Å². The highest BCUT2D eigenvalue weighted by Crippen LogP contribution is 2.14. The van der Waals surface area contributed by atoms with Crippen LogP contribution in [0.4, 0.5) is 0 Å². The van der Waals surface area contributed by atoms with E-state index in [9.17, 15) is 9.59 Å². The maximum atomic E-state index is 11.9. The molecule has 19 heavy (non-hydrogen) atoms. The van der Waals surface area contributed by atoms with Crippen LogP contribution >= 0.6 is 11.6 Å². The Hall–Kier alpha value is -1.59. The number of aliphatic hydroxyl groups is 1. The molecule has 0 radical (unpaired) electrons. The quantitative estimate of drug-likeness (QED) is 0.775. The first-order chi connectivity index (χ1) is 9.10. The molecule has 0 aliphatic carbocycles. The van der Waals surface area contributed by atoms with Gasteiger partial charge in [-0.3, -0.25) is 4.79 Å². The summed E-state index contributed by atoms with van der Waals surface area (Å²) in [5.74, 6) is -1.19. The van der Waals surface area contributed by atoms with E-state index in [2.05, 4.69) is 5.32 Å². The number of esters is 1. The van der Waals surface area contributed by atoms with Crippen LogP contribution in [-0.4, -0.2) is 36.2 Å². The van der Waals surface area contributed by atoms with Crippen LogP contribution in [0.5, 0.6) is 0 Å². The molecule has 1 aromatic rings. The lowest BCUT2D eigenvalue weighted by Gasteiger charge is -2.15. The molecule has 0 saturated carbocycles. The minimum absolute atomic E-state index is 0.242. The van der Waals surface area contributed by atoms with E-state index in [4.69, 9.17) is 21.4 Å². The molecule has 0 aliphatic rings. The van der Waals surface area contributed by atoms with Crippen LogP contribution in [0.1, 0.15) is 23.7 Å². The van der Waals surface area contributed by atoms with Crippen molar-refractivity contribution in [2.75, 3.05) is 13.2 Å². The lowest BCUT2D eigenvalue weighted by atomic mass is 10.2. The van der Waals surface area contributed by atoms with Gasteiger partial charge < -0.3 is 15.2 Å². The number of amides is 1. The van der Waals surface area contributed by atoms with Gasteiger partial charge in [-0.15, -0.1) is 0 Å². The second-order valence-electron chi connectivity index (χ2n) is 3.86. The van der Waals surface area contributed by atoms with E-state index < -0.39 is 24.5 Å². The van der Waals surface area contributed by atoms with Crippen LogP contribution in [0, 0.1) is 0 Å². The summed E-state index contributed by atoms with van der Waals surface area (Å²) in [7, 11) is 0. The molecule has 1 rings (SSSR count). The molecule has 0 spiro atoms. The molecular formula is C13H16ClNO4. The van der Waals surface area contributed by atoms with Crippen molar-refractivity contribution in [3.05, 3.63) is 34.9 Å². The summed E-state index contributed by atoms with van der Waals surface area (Å²) >= 11 is 5.87. The number of halogens is 1. The minimum Gasteiger partial charge on any atom is -0.464 e. The molecule has 104 valence electrons. The van der Waals surface area contributed by atoms with E-state index in [1.807, 2.05) is 6.92 Å². The Labute approximate surface area is 116 Å². The molecule has 0 heterocycles. The predicted molar refractivity (Wildman–Crippen MR) is 71.0 cm³/mol. The van der Waals surface area contributed by atoms with Gasteiger partial charge in [0.1, 0.15) is 0 Å². The normalized spacial score (nSPS) is 11.7. The van der Waals surface area contributed by atoms with E-state index in [0.29, 0.717) is 6.42 Å². The summed E-state index contributed by atoms with van der Waals surface area (Å²) in [5.41, 5.74) is 0.242. The summed E-state index contributed by atoms with van der Waals surface area (Å²) in [6.07, 6.45) is 0.669. The lowest BCUT2D eigenvalue weighted by molar-refractivity contribution is -0.146. The van der Waals surface area contributed by atoms with Gasteiger partial charge in [0, 0.05) is 0 Å². The van der Waals surface area contributed by atoms with Crippen LogP contribution < -0.4 is 5.32 Å². The molecule has 0 fully saturated rings. The van der Waals surface area contributed by atoms with E-state index in [0.717, 1.165) is 0 Å². The highest BCUT2D eigenvalue weighted by atomic mass is 35.5. The molecule has 1 amide bonds. The van der Waals surface area contributed by atoms with Crippen LogP contribution in [0.25, 0.3) is 0 Å².